The minimum Gasteiger partial charge on any atom is -0.223 e. The van der Waals surface area contributed by atoms with E-state index in [1.54, 1.807) is 24.3 Å². The number of hydrogen-bond acceptors (Lipinski definition) is 2. The molecule has 3 aromatic rings. The predicted molar refractivity (Wildman–Crippen MR) is 95.5 cm³/mol. The summed E-state index contributed by atoms with van der Waals surface area (Å²) in [6.07, 6.45) is 0.623. The summed E-state index contributed by atoms with van der Waals surface area (Å²) in [6, 6.07) is 28.4. The molecule has 1 aliphatic rings. The minimum atomic E-state index is -3.48. The Labute approximate surface area is 142 Å². The van der Waals surface area contributed by atoms with E-state index in [1.807, 2.05) is 66.7 Å². The fourth-order valence-electron chi connectivity index (χ4n) is 3.62. The molecular formula is C21H18O2S. The minimum absolute atomic E-state index is 0.00805. The standard InChI is InChI=1S/C21H18O2S/c22-24(23,19-14-8-3-9-15-19)21(18-12-6-2-7-13-18)16-20(21)17-10-4-1-5-11-17/h1-15,20H,16H2. The Balaban J connectivity index is 1.88. The largest absolute Gasteiger partial charge is 0.223 e. The first-order chi connectivity index (χ1) is 11.7. The Bertz CT molecular complexity index is 935. The normalized spacial score (nSPS) is 22.9. The van der Waals surface area contributed by atoms with Crippen molar-refractivity contribution < 1.29 is 8.42 Å². The van der Waals surface area contributed by atoms with Gasteiger partial charge in [0.2, 0.25) is 0 Å². The lowest BCUT2D eigenvalue weighted by Gasteiger charge is -2.19. The number of benzene rings is 3. The van der Waals surface area contributed by atoms with Crippen molar-refractivity contribution in [3.05, 3.63) is 102 Å². The molecule has 120 valence electrons. The maximum atomic E-state index is 13.5. The van der Waals surface area contributed by atoms with Crippen LogP contribution >= 0.6 is 0 Å². The van der Waals surface area contributed by atoms with Crippen LogP contribution in [0.2, 0.25) is 0 Å². The molecule has 24 heavy (non-hydrogen) atoms. The Hall–Kier alpha value is -2.39. The third-order valence-corrected chi connectivity index (χ3v) is 7.45. The first-order valence-corrected chi connectivity index (χ1v) is 9.55. The van der Waals surface area contributed by atoms with E-state index in [0.29, 0.717) is 11.3 Å². The van der Waals surface area contributed by atoms with Crippen LogP contribution in [-0.2, 0) is 14.6 Å². The van der Waals surface area contributed by atoms with Crippen LogP contribution in [0.3, 0.4) is 0 Å². The summed E-state index contributed by atoms with van der Waals surface area (Å²) in [4.78, 5) is 0.396. The predicted octanol–water partition coefficient (Wildman–Crippen LogP) is 4.54. The highest BCUT2D eigenvalue weighted by atomic mass is 32.2. The molecule has 0 N–H and O–H groups in total. The summed E-state index contributed by atoms with van der Waals surface area (Å²) in [7, 11) is -3.48. The van der Waals surface area contributed by atoms with Crippen molar-refractivity contribution in [3.63, 3.8) is 0 Å². The van der Waals surface area contributed by atoms with E-state index in [0.717, 1.165) is 11.1 Å². The molecule has 0 radical (unpaired) electrons. The van der Waals surface area contributed by atoms with Crippen molar-refractivity contribution in [1.29, 1.82) is 0 Å². The lowest BCUT2D eigenvalue weighted by atomic mass is 10.0. The van der Waals surface area contributed by atoms with Crippen LogP contribution in [0.25, 0.3) is 0 Å². The Morgan fingerprint density at radius 2 is 1.21 bits per heavy atom. The van der Waals surface area contributed by atoms with Gasteiger partial charge in [-0.1, -0.05) is 78.9 Å². The molecule has 0 aliphatic heterocycles. The van der Waals surface area contributed by atoms with Gasteiger partial charge in [-0.25, -0.2) is 8.42 Å². The first kappa shape index (κ1) is 15.2. The molecule has 1 fully saturated rings. The van der Waals surface area contributed by atoms with Crippen molar-refractivity contribution in [2.45, 2.75) is 22.0 Å². The second-order valence-electron chi connectivity index (χ2n) is 6.24. The number of sulfone groups is 1. The lowest BCUT2D eigenvalue weighted by molar-refractivity contribution is 0.577. The van der Waals surface area contributed by atoms with Crippen LogP contribution in [0, 0.1) is 0 Å². The highest BCUT2D eigenvalue weighted by Crippen LogP contribution is 2.65. The van der Waals surface area contributed by atoms with E-state index in [1.165, 1.54) is 0 Å². The monoisotopic (exact) mass is 334 g/mol. The smallest absolute Gasteiger partial charge is 0.188 e. The fourth-order valence-corrected chi connectivity index (χ4v) is 5.90. The van der Waals surface area contributed by atoms with Crippen LogP contribution in [0.15, 0.2) is 95.9 Å². The van der Waals surface area contributed by atoms with Gasteiger partial charge in [0, 0.05) is 5.92 Å². The second-order valence-corrected chi connectivity index (χ2v) is 8.45. The summed E-state index contributed by atoms with van der Waals surface area (Å²) in [6.45, 7) is 0. The van der Waals surface area contributed by atoms with Crippen molar-refractivity contribution in [2.24, 2.45) is 0 Å². The molecule has 0 saturated heterocycles. The second kappa shape index (κ2) is 5.60. The Morgan fingerprint density at radius 1 is 0.708 bits per heavy atom. The van der Waals surface area contributed by atoms with E-state index in [-0.39, 0.29) is 5.92 Å². The van der Waals surface area contributed by atoms with Crippen LogP contribution < -0.4 is 0 Å². The summed E-state index contributed by atoms with van der Waals surface area (Å²) < 4.78 is 26.1. The molecule has 1 saturated carbocycles. The molecule has 2 nitrogen and oxygen atoms in total. The summed E-state index contributed by atoms with van der Waals surface area (Å²) in [5, 5.41) is 0. The van der Waals surface area contributed by atoms with Crippen LogP contribution in [0.5, 0.6) is 0 Å². The fraction of sp³-hybridized carbons (Fsp3) is 0.143. The van der Waals surface area contributed by atoms with Crippen molar-refractivity contribution in [2.75, 3.05) is 0 Å². The van der Waals surface area contributed by atoms with Gasteiger partial charge < -0.3 is 0 Å². The summed E-state index contributed by atoms with van der Waals surface area (Å²) in [5.41, 5.74) is 1.96. The zero-order chi connectivity index (χ0) is 16.6. The molecule has 0 amide bonds. The average molecular weight is 334 g/mol. The van der Waals surface area contributed by atoms with Gasteiger partial charge in [-0.2, -0.15) is 0 Å². The molecule has 0 heterocycles. The maximum Gasteiger partial charge on any atom is 0.188 e. The maximum absolute atomic E-state index is 13.5. The van der Waals surface area contributed by atoms with Gasteiger partial charge in [-0.3, -0.25) is 0 Å². The molecule has 0 aromatic heterocycles. The van der Waals surface area contributed by atoms with Gasteiger partial charge in [0.15, 0.2) is 9.84 Å². The van der Waals surface area contributed by atoms with Crippen molar-refractivity contribution in [1.82, 2.24) is 0 Å². The molecule has 4 rings (SSSR count). The van der Waals surface area contributed by atoms with Crippen molar-refractivity contribution >= 4 is 9.84 Å². The Kier molecular flexibility index (Phi) is 3.54. The van der Waals surface area contributed by atoms with Crippen LogP contribution in [0.4, 0.5) is 0 Å². The zero-order valence-corrected chi connectivity index (χ0v) is 14.0. The van der Waals surface area contributed by atoms with Gasteiger partial charge in [-0.15, -0.1) is 0 Å². The SMILES string of the molecule is O=S(=O)(c1ccccc1)C1(c2ccccc2)CC1c1ccccc1. The number of rotatable bonds is 4. The molecule has 2 unspecified atom stereocenters. The van der Waals surface area contributed by atoms with E-state index in [9.17, 15) is 8.42 Å². The van der Waals surface area contributed by atoms with Crippen LogP contribution in [-0.4, -0.2) is 8.42 Å². The summed E-state index contributed by atoms with van der Waals surface area (Å²) >= 11 is 0. The quantitative estimate of drug-likeness (QED) is 0.702. The van der Waals surface area contributed by atoms with Gasteiger partial charge in [0.1, 0.15) is 4.75 Å². The van der Waals surface area contributed by atoms with Gasteiger partial charge in [0.25, 0.3) is 0 Å². The first-order valence-electron chi connectivity index (χ1n) is 8.06. The van der Waals surface area contributed by atoms with E-state index in [2.05, 4.69) is 0 Å². The third kappa shape index (κ3) is 2.20. The van der Waals surface area contributed by atoms with E-state index < -0.39 is 14.6 Å². The van der Waals surface area contributed by atoms with E-state index in [4.69, 9.17) is 0 Å². The summed E-state index contributed by atoms with van der Waals surface area (Å²) in [5.74, 6) is -0.00805. The molecular weight excluding hydrogens is 316 g/mol. The molecule has 2 atom stereocenters. The highest BCUT2D eigenvalue weighted by Gasteiger charge is 2.65. The van der Waals surface area contributed by atoms with Gasteiger partial charge >= 0.3 is 0 Å². The molecule has 3 heteroatoms. The van der Waals surface area contributed by atoms with Crippen LogP contribution in [0.1, 0.15) is 23.5 Å². The molecule has 3 aromatic carbocycles. The average Bonchev–Trinajstić information content (AvgIpc) is 3.42. The molecule has 0 spiro atoms. The van der Waals surface area contributed by atoms with Gasteiger partial charge in [0.05, 0.1) is 4.90 Å². The third-order valence-electron chi connectivity index (χ3n) is 4.91. The molecule has 0 bridgehead atoms. The van der Waals surface area contributed by atoms with Crippen molar-refractivity contribution in [3.8, 4) is 0 Å². The Morgan fingerprint density at radius 3 is 1.79 bits per heavy atom. The number of hydrogen-bond donors (Lipinski definition) is 0. The lowest BCUT2D eigenvalue weighted by Crippen LogP contribution is -2.23. The van der Waals surface area contributed by atoms with E-state index >= 15 is 0 Å². The van der Waals surface area contributed by atoms with Gasteiger partial charge in [-0.05, 0) is 29.7 Å². The topological polar surface area (TPSA) is 34.1 Å². The highest BCUT2D eigenvalue weighted by molar-refractivity contribution is 7.92. The molecule has 1 aliphatic carbocycles. The zero-order valence-electron chi connectivity index (χ0n) is 13.2.